The van der Waals surface area contributed by atoms with E-state index < -0.39 is 11.9 Å². The van der Waals surface area contributed by atoms with Crippen LogP contribution in [0, 0.1) is 20.8 Å². The van der Waals surface area contributed by atoms with E-state index in [1.165, 1.54) is 0 Å². The number of rotatable bonds is 7. The van der Waals surface area contributed by atoms with Crippen LogP contribution in [0.4, 0.5) is 0 Å². The molecule has 0 aliphatic carbocycles. The van der Waals surface area contributed by atoms with E-state index in [1.54, 1.807) is 0 Å². The summed E-state index contributed by atoms with van der Waals surface area (Å²) in [7, 11) is 0. The molecule has 0 radical (unpaired) electrons. The first-order valence-corrected chi connectivity index (χ1v) is 5.40. The molecule has 0 spiro atoms. The summed E-state index contributed by atoms with van der Waals surface area (Å²) >= 11 is 0. The van der Waals surface area contributed by atoms with Crippen molar-refractivity contribution < 1.29 is 9.59 Å². The van der Waals surface area contributed by atoms with Gasteiger partial charge in [0, 0.05) is 6.42 Å². The van der Waals surface area contributed by atoms with Crippen molar-refractivity contribution in [2.24, 2.45) is 5.73 Å². The number of hydrogen-bond donors (Lipinski definition) is 1. The third-order valence-electron chi connectivity index (χ3n) is 1.34. The highest BCUT2D eigenvalue weighted by Crippen LogP contribution is 2.02. The summed E-state index contributed by atoms with van der Waals surface area (Å²) in [5.74, 6) is -0.505. The van der Waals surface area contributed by atoms with Crippen molar-refractivity contribution in [2.75, 3.05) is 6.54 Å². The molecule has 4 nitrogen and oxygen atoms in total. The number of unbranched alkanes of at least 4 members (excludes halogenated alkanes) is 1. The predicted molar refractivity (Wildman–Crippen MR) is 73.1 cm³/mol. The Hall–Kier alpha value is -1.42. The molecular weight excluding hydrogens is 216 g/mol. The molecule has 2 N–H and O–H groups in total. The Morgan fingerprint density at radius 3 is 2.12 bits per heavy atom. The fourth-order valence-corrected chi connectivity index (χ4v) is 0.619. The lowest BCUT2D eigenvalue weighted by atomic mass is 10.2. The Balaban J connectivity index is -0.000000275. The molecule has 0 fully saturated rings. The van der Waals surface area contributed by atoms with E-state index in [4.69, 9.17) is 5.73 Å². The van der Waals surface area contributed by atoms with Gasteiger partial charge >= 0.3 is 0 Å². The quantitative estimate of drug-likeness (QED) is 0.421. The summed E-state index contributed by atoms with van der Waals surface area (Å²) in [4.78, 5) is 20.5. The summed E-state index contributed by atoms with van der Waals surface area (Å²) in [6.45, 7) is 17.1. The number of carbonyl (C=O) groups excluding carboxylic acids is 2. The molecule has 17 heavy (non-hydrogen) atoms. The average molecular weight is 240 g/mol. The maximum atomic E-state index is 10.3. The maximum Gasteiger partial charge on any atom is 0.216 e. The number of carbonyl (C=O) groups is 2. The Morgan fingerprint density at radius 1 is 1.41 bits per heavy atom. The lowest BCUT2D eigenvalue weighted by Crippen LogP contribution is -2.21. The van der Waals surface area contributed by atoms with E-state index in [9.17, 15) is 9.59 Å². The van der Waals surface area contributed by atoms with Crippen molar-refractivity contribution in [1.82, 2.24) is 0 Å². The Kier molecular flexibility index (Phi) is 24.7. The Bertz CT molecular complexity index is 171. The van der Waals surface area contributed by atoms with Crippen LogP contribution in [0.1, 0.15) is 25.7 Å². The summed E-state index contributed by atoms with van der Waals surface area (Å²) in [6, 6.07) is -0.575. The van der Waals surface area contributed by atoms with Gasteiger partial charge < -0.3 is 22.8 Å². The van der Waals surface area contributed by atoms with Crippen molar-refractivity contribution in [1.29, 1.82) is 0 Å². The molecular formula is C13H24N2O2. The van der Waals surface area contributed by atoms with Gasteiger partial charge in [-0.15, -0.1) is 26.1 Å². The highest BCUT2D eigenvalue weighted by molar-refractivity contribution is 5.79. The molecule has 0 aromatic rings. The predicted octanol–water partition coefficient (Wildman–Crippen LogP) is 2.26. The number of amides is 1. The third kappa shape index (κ3) is 25.1. The van der Waals surface area contributed by atoms with Gasteiger partial charge in [0.15, 0.2) is 0 Å². The van der Waals surface area contributed by atoms with Gasteiger partial charge in [0.05, 0.1) is 26.7 Å². The van der Waals surface area contributed by atoms with Gasteiger partial charge in [0.25, 0.3) is 0 Å². The van der Waals surface area contributed by atoms with E-state index in [0.29, 0.717) is 19.3 Å². The molecule has 0 aromatic heterocycles. The van der Waals surface area contributed by atoms with Gasteiger partial charge in [-0.3, -0.25) is 4.79 Å². The average Bonchev–Trinajstić information content (AvgIpc) is 2.36. The second-order valence-corrected chi connectivity index (χ2v) is 2.84. The molecule has 0 aliphatic heterocycles. The third-order valence-corrected chi connectivity index (χ3v) is 1.34. The molecule has 0 bridgehead atoms. The van der Waals surface area contributed by atoms with Crippen LogP contribution in [0.15, 0.2) is 13.2 Å². The first-order valence-electron chi connectivity index (χ1n) is 5.40. The number of primary amides is 1. The van der Waals surface area contributed by atoms with Crippen molar-refractivity contribution in [3.8, 4) is 0 Å². The van der Waals surface area contributed by atoms with Gasteiger partial charge in [-0.2, -0.15) is 0 Å². The molecule has 0 saturated carbocycles. The molecule has 1 atom stereocenters. The first-order chi connectivity index (χ1) is 8.12. The summed E-state index contributed by atoms with van der Waals surface area (Å²) in [5.41, 5.74) is 4.87. The lowest BCUT2D eigenvalue weighted by Gasteiger charge is -2.22. The largest absolute Gasteiger partial charge is 0.650 e. The van der Waals surface area contributed by atoms with Crippen molar-refractivity contribution in [3.63, 3.8) is 0 Å². The SMILES string of the molecule is C=C.[CH2+]CC[CH2-].[CH2+]CC[N-][C@@H](C=O)CC(N)=O. The summed E-state index contributed by atoms with van der Waals surface area (Å²) in [5, 5.41) is 3.87. The minimum Gasteiger partial charge on any atom is -0.650 e. The first kappa shape index (κ1) is 20.9. The van der Waals surface area contributed by atoms with E-state index in [1.807, 2.05) is 0 Å². The molecule has 0 aromatic carbocycles. The number of nitrogens with two attached hydrogens (primary N) is 1. The van der Waals surface area contributed by atoms with Crippen LogP contribution in [0.5, 0.6) is 0 Å². The molecule has 4 heteroatoms. The minimum absolute atomic E-state index is 0.00347. The summed E-state index contributed by atoms with van der Waals surface area (Å²) < 4.78 is 0. The zero-order chi connectivity index (χ0) is 14.1. The normalized spacial score (nSPS) is 9.94. The zero-order valence-corrected chi connectivity index (χ0v) is 10.6. The molecule has 1 amide bonds. The Morgan fingerprint density at radius 2 is 1.88 bits per heavy atom. The van der Waals surface area contributed by atoms with E-state index in [2.05, 4.69) is 39.2 Å². The molecule has 0 heterocycles. The topological polar surface area (TPSA) is 74.3 Å². The Labute approximate surface area is 106 Å². The van der Waals surface area contributed by atoms with Crippen molar-refractivity contribution in [3.05, 3.63) is 39.2 Å². The van der Waals surface area contributed by atoms with Gasteiger partial charge in [-0.05, 0) is 0 Å². The van der Waals surface area contributed by atoms with Crippen LogP contribution in [-0.2, 0) is 9.59 Å². The highest BCUT2D eigenvalue weighted by atomic mass is 16.1. The number of nitrogens with zero attached hydrogens (tertiary/aromatic N) is 1. The van der Waals surface area contributed by atoms with Gasteiger partial charge in [-0.25, -0.2) is 0 Å². The standard InChI is InChI=1S/C7H12N2O2.C4H8.C2H4/c1-2-3-9-6(5-10)4-7(8)11;1-3-4-2;1-2/h5-6H,1-4H2,(H2,8,11);1-4H2;1-2H2/t6-;;/m1../s1. The van der Waals surface area contributed by atoms with Crippen LogP contribution in [-0.4, -0.2) is 24.8 Å². The second-order valence-electron chi connectivity index (χ2n) is 2.84. The molecule has 0 aliphatic rings. The van der Waals surface area contributed by atoms with Gasteiger partial charge in [0.2, 0.25) is 5.91 Å². The summed E-state index contributed by atoms with van der Waals surface area (Å²) in [6.07, 6.45) is 3.17. The van der Waals surface area contributed by atoms with Gasteiger partial charge in [0.1, 0.15) is 6.29 Å². The van der Waals surface area contributed by atoms with E-state index in [-0.39, 0.29) is 6.42 Å². The second kappa shape index (κ2) is 20.1. The number of hydrogen-bond acceptors (Lipinski definition) is 2. The van der Waals surface area contributed by atoms with Crippen LogP contribution in [0.25, 0.3) is 5.32 Å². The van der Waals surface area contributed by atoms with Crippen LogP contribution >= 0.6 is 0 Å². The lowest BCUT2D eigenvalue weighted by molar-refractivity contribution is -0.120. The molecule has 0 rings (SSSR count). The highest BCUT2D eigenvalue weighted by Gasteiger charge is 1.99. The van der Waals surface area contributed by atoms with Gasteiger partial charge in [-0.1, -0.05) is 6.04 Å². The maximum absolute atomic E-state index is 10.3. The van der Waals surface area contributed by atoms with E-state index >= 15 is 0 Å². The van der Waals surface area contributed by atoms with Crippen molar-refractivity contribution in [2.45, 2.75) is 31.7 Å². The van der Waals surface area contributed by atoms with Crippen LogP contribution in [0.2, 0.25) is 0 Å². The number of aldehydes is 1. The van der Waals surface area contributed by atoms with Crippen molar-refractivity contribution >= 4 is 12.2 Å². The minimum atomic E-state index is -0.575. The molecule has 98 valence electrons. The fourth-order valence-electron chi connectivity index (χ4n) is 0.619. The molecule has 0 unspecified atom stereocenters. The van der Waals surface area contributed by atoms with Crippen LogP contribution < -0.4 is 5.73 Å². The smallest absolute Gasteiger partial charge is 0.216 e. The zero-order valence-electron chi connectivity index (χ0n) is 10.6. The fraction of sp³-hybridized carbons (Fsp3) is 0.462. The monoisotopic (exact) mass is 240 g/mol. The van der Waals surface area contributed by atoms with E-state index in [0.717, 1.165) is 12.8 Å². The molecule has 0 saturated heterocycles. The van der Waals surface area contributed by atoms with Crippen LogP contribution in [0.3, 0.4) is 0 Å².